The summed E-state index contributed by atoms with van der Waals surface area (Å²) in [5.74, 6) is -0.910. The average molecular weight is 377 g/mol. The molecule has 0 saturated carbocycles. The molecule has 1 saturated heterocycles. The van der Waals surface area contributed by atoms with Crippen molar-refractivity contribution in [3.8, 4) is 5.69 Å². The van der Waals surface area contributed by atoms with Gasteiger partial charge in [-0.05, 0) is 48.5 Å². The molecule has 0 unspecified atom stereocenters. The van der Waals surface area contributed by atoms with Gasteiger partial charge in [0.15, 0.2) is 0 Å². The Kier molecular flexibility index (Phi) is 4.93. The highest BCUT2D eigenvalue weighted by molar-refractivity contribution is 5.96. The molecule has 4 rings (SSSR count). The monoisotopic (exact) mass is 377 g/mol. The lowest BCUT2D eigenvalue weighted by molar-refractivity contribution is 0.0533. The molecule has 3 aromatic rings. The van der Waals surface area contributed by atoms with Crippen molar-refractivity contribution in [1.82, 2.24) is 14.4 Å². The topological polar surface area (TPSA) is 45.6 Å². The van der Waals surface area contributed by atoms with Crippen LogP contribution in [0.1, 0.15) is 20.7 Å². The van der Waals surface area contributed by atoms with Crippen molar-refractivity contribution in [3.63, 3.8) is 0 Å². The van der Waals surface area contributed by atoms with Crippen LogP contribution in [0.25, 0.3) is 5.69 Å². The number of carbonyl (C=O) groups is 2. The molecule has 1 aliphatic heterocycles. The molecule has 2 amide bonds. The number of carbonyl (C=O) groups excluding carboxylic acids is 2. The van der Waals surface area contributed by atoms with E-state index < -0.39 is 5.82 Å². The minimum atomic E-state index is -0.520. The van der Waals surface area contributed by atoms with E-state index >= 15 is 0 Å². The lowest BCUT2D eigenvalue weighted by Gasteiger charge is -2.35. The highest BCUT2D eigenvalue weighted by Gasteiger charge is 2.26. The van der Waals surface area contributed by atoms with Gasteiger partial charge < -0.3 is 14.4 Å². The first-order chi connectivity index (χ1) is 13.6. The zero-order chi connectivity index (χ0) is 19.5. The van der Waals surface area contributed by atoms with E-state index in [0.29, 0.717) is 31.7 Å². The minimum absolute atomic E-state index is 0.0583. The molecule has 1 aromatic heterocycles. The van der Waals surface area contributed by atoms with Crippen LogP contribution in [0, 0.1) is 5.82 Å². The second-order valence-corrected chi connectivity index (χ2v) is 6.70. The summed E-state index contributed by atoms with van der Waals surface area (Å²) in [7, 11) is 0. The third kappa shape index (κ3) is 3.53. The zero-order valence-corrected chi connectivity index (χ0v) is 15.3. The molecule has 0 spiro atoms. The molecule has 2 heterocycles. The Labute approximate surface area is 162 Å². The summed E-state index contributed by atoms with van der Waals surface area (Å²) in [5, 5.41) is 0. The van der Waals surface area contributed by atoms with Gasteiger partial charge in [-0.1, -0.05) is 12.1 Å². The molecule has 0 N–H and O–H groups in total. The number of halogens is 1. The molecule has 0 atom stereocenters. The molecule has 2 aromatic carbocycles. The van der Waals surface area contributed by atoms with E-state index in [1.165, 1.54) is 12.1 Å². The molecule has 1 aliphatic rings. The lowest BCUT2D eigenvalue weighted by atomic mass is 10.1. The van der Waals surface area contributed by atoms with Crippen molar-refractivity contribution in [2.75, 3.05) is 26.2 Å². The molecule has 0 bridgehead atoms. The van der Waals surface area contributed by atoms with Gasteiger partial charge in [0.1, 0.15) is 5.82 Å². The summed E-state index contributed by atoms with van der Waals surface area (Å²) in [6.07, 6.45) is 3.89. The molecule has 28 heavy (non-hydrogen) atoms. The van der Waals surface area contributed by atoms with Gasteiger partial charge in [-0.25, -0.2) is 4.39 Å². The molecule has 142 valence electrons. The van der Waals surface area contributed by atoms with Gasteiger partial charge in [0.05, 0.1) is 5.56 Å². The Morgan fingerprint density at radius 3 is 1.89 bits per heavy atom. The Bertz CT molecular complexity index is 975. The minimum Gasteiger partial charge on any atom is -0.335 e. The quantitative estimate of drug-likeness (QED) is 0.704. The zero-order valence-electron chi connectivity index (χ0n) is 15.3. The molecule has 0 radical (unpaired) electrons. The normalized spacial score (nSPS) is 14.2. The summed E-state index contributed by atoms with van der Waals surface area (Å²) < 4.78 is 15.8. The van der Waals surface area contributed by atoms with Crippen LogP contribution in [-0.4, -0.2) is 52.4 Å². The number of rotatable bonds is 3. The van der Waals surface area contributed by atoms with Crippen molar-refractivity contribution in [3.05, 3.63) is 90.0 Å². The van der Waals surface area contributed by atoms with Crippen molar-refractivity contribution >= 4 is 11.8 Å². The third-order valence-corrected chi connectivity index (χ3v) is 4.98. The van der Waals surface area contributed by atoms with Gasteiger partial charge in [-0.15, -0.1) is 0 Å². The van der Waals surface area contributed by atoms with Gasteiger partial charge >= 0.3 is 0 Å². The summed E-state index contributed by atoms with van der Waals surface area (Å²) in [6.45, 7) is 1.64. The number of hydrogen-bond acceptors (Lipinski definition) is 2. The number of hydrogen-bond donors (Lipinski definition) is 0. The van der Waals surface area contributed by atoms with Crippen LogP contribution >= 0.6 is 0 Å². The van der Waals surface area contributed by atoms with E-state index in [0.717, 1.165) is 5.69 Å². The maximum absolute atomic E-state index is 13.8. The first-order valence-corrected chi connectivity index (χ1v) is 9.20. The van der Waals surface area contributed by atoms with Crippen molar-refractivity contribution < 1.29 is 14.0 Å². The van der Waals surface area contributed by atoms with E-state index in [-0.39, 0.29) is 17.4 Å². The van der Waals surface area contributed by atoms with E-state index in [2.05, 4.69) is 0 Å². The smallest absolute Gasteiger partial charge is 0.256 e. The highest BCUT2D eigenvalue weighted by Crippen LogP contribution is 2.15. The Balaban J connectivity index is 1.39. The number of amides is 2. The van der Waals surface area contributed by atoms with E-state index in [1.54, 1.807) is 21.9 Å². The van der Waals surface area contributed by atoms with Crippen LogP contribution in [0.15, 0.2) is 73.1 Å². The van der Waals surface area contributed by atoms with Crippen molar-refractivity contribution in [2.45, 2.75) is 0 Å². The molecule has 0 aliphatic carbocycles. The number of nitrogens with zero attached hydrogens (tertiary/aromatic N) is 3. The van der Waals surface area contributed by atoms with Gasteiger partial charge in [-0.3, -0.25) is 9.59 Å². The van der Waals surface area contributed by atoms with Gasteiger partial charge in [0.2, 0.25) is 0 Å². The van der Waals surface area contributed by atoms with E-state index in [4.69, 9.17) is 0 Å². The van der Waals surface area contributed by atoms with Gasteiger partial charge in [0.25, 0.3) is 11.8 Å². The number of aromatic nitrogens is 1. The van der Waals surface area contributed by atoms with E-state index in [9.17, 15) is 14.0 Å². The van der Waals surface area contributed by atoms with Crippen molar-refractivity contribution in [2.24, 2.45) is 0 Å². The maximum Gasteiger partial charge on any atom is 0.256 e. The van der Waals surface area contributed by atoms with E-state index in [1.807, 2.05) is 53.4 Å². The predicted molar refractivity (Wildman–Crippen MR) is 104 cm³/mol. The Morgan fingerprint density at radius 2 is 1.29 bits per heavy atom. The van der Waals surface area contributed by atoms with Gasteiger partial charge in [-0.2, -0.15) is 0 Å². The summed E-state index contributed by atoms with van der Waals surface area (Å²) in [4.78, 5) is 28.6. The lowest BCUT2D eigenvalue weighted by Crippen LogP contribution is -2.50. The van der Waals surface area contributed by atoms with Crippen LogP contribution in [-0.2, 0) is 0 Å². The molecular weight excluding hydrogens is 357 g/mol. The fourth-order valence-corrected chi connectivity index (χ4v) is 3.38. The maximum atomic E-state index is 13.8. The molecule has 6 heteroatoms. The SMILES string of the molecule is O=C(c1ccc(-n2cccc2)cc1)N1CCN(C(=O)c2ccccc2F)CC1. The van der Waals surface area contributed by atoms with Crippen LogP contribution in [0.3, 0.4) is 0 Å². The average Bonchev–Trinajstić information content (AvgIpc) is 3.28. The standard InChI is InChI=1S/C22H20FN3O2/c23-20-6-2-1-5-19(20)22(28)26-15-13-25(14-16-26)21(27)17-7-9-18(10-8-17)24-11-3-4-12-24/h1-12H,13-16H2. The van der Waals surface area contributed by atoms with Crippen LogP contribution in [0.4, 0.5) is 4.39 Å². The summed E-state index contributed by atoms with van der Waals surface area (Å²) >= 11 is 0. The molecule has 1 fully saturated rings. The number of piperazine rings is 1. The van der Waals surface area contributed by atoms with Crippen LogP contribution in [0.2, 0.25) is 0 Å². The second kappa shape index (κ2) is 7.68. The fraction of sp³-hybridized carbons (Fsp3) is 0.182. The molecule has 5 nitrogen and oxygen atoms in total. The number of benzene rings is 2. The van der Waals surface area contributed by atoms with Crippen LogP contribution in [0.5, 0.6) is 0 Å². The highest BCUT2D eigenvalue weighted by atomic mass is 19.1. The second-order valence-electron chi connectivity index (χ2n) is 6.70. The predicted octanol–water partition coefficient (Wildman–Crippen LogP) is 3.21. The Morgan fingerprint density at radius 1 is 0.714 bits per heavy atom. The third-order valence-electron chi connectivity index (χ3n) is 4.98. The van der Waals surface area contributed by atoms with Crippen LogP contribution < -0.4 is 0 Å². The largest absolute Gasteiger partial charge is 0.335 e. The molecular formula is C22H20FN3O2. The fourth-order valence-electron chi connectivity index (χ4n) is 3.38. The summed E-state index contributed by atoms with van der Waals surface area (Å²) in [6, 6.07) is 17.3. The summed E-state index contributed by atoms with van der Waals surface area (Å²) in [5.41, 5.74) is 1.68. The van der Waals surface area contributed by atoms with Gasteiger partial charge in [0, 0.05) is 49.8 Å². The first-order valence-electron chi connectivity index (χ1n) is 9.20. The van der Waals surface area contributed by atoms with Crippen molar-refractivity contribution in [1.29, 1.82) is 0 Å². The first kappa shape index (κ1) is 18.0. The Hall–Kier alpha value is -3.41.